The molecule has 0 bridgehead atoms. The van der Waals surface area contributed by atoms with Crippen LogP contribution in [0.25, 0.3) is 0 Å². The van der Waals surface area contributed by atoms with Crippen molar-refractivity contribution in [3.05, 3.63) is 6.07 Å². The first-order chi connectivity index (χ1) is 11.0. The molecular formula is C10H16N6O6S2. The van der Waals surface area contributed by atoms with E-state index in [1.807, 2.05) is 0 Å². The van der Waals surface area contributed by atoms with Crippen LogP contribution in [0.5, 0.6) is 0 Å². The molecule has 0 aliphatic carbocycles. The first-order valence-corrected chi connectivity index (χ1v) is 9.21. The normalized spacial score (nSPS) is 13.1. The van der Waals surface area contributed by atoms with Crippen LogP contribution in [-0.4, -0.2) is 47.8 Å². The predicted molar refractivity (Wildman–Crippen MR) is 85.7 cm³/mol. The van der Waals surface area contributed by atoms with Crippen molar-refractivity contribution < 1.29 is 25.6 Å². The minimum atomic E-state index is -4.76. The van der Waals surface area contributed by atoms with Crippen molar-refractivity contribution in [2.24, 2.45) is 20.5 Å². The second kappa shape index (κ2) is 7.61. The van der Waals surface area contributed by atoms with Gasteiger partial charge in [0.1, 0.15) is 11.4 Å². The molecule has 1 aromatic rings. The van der Waals surface area contributed by atoms with Gasteiger partial charge in [-0.05, 0) is 6.07 Å². The van der Waals surface area contributed by atoms with E-state index in [-0.39, 0.29) is 27.6 Å². The van der Waals surface area contributed by atoms with E-state index in [1.165, 1.54) is 14.1 Å². The SMILES string of the molecule is CN=Nc1cc(S(=O)(=O)CCOS(=O)(=O)O)c(N)c(N=NC)c1N. The van der Waals surface area contributed by atoms with Gasteiger partial charge in [0.05, 0.1) is 28.6 Å². The highest BCUT2D eigenvalue weighted by atomic mass is 32.3. The van der Waals surface area contributed by atoms with Crippen LogP contribution in [0.3, 0.4) is 0 Å². The molecule has 0 fully saturated rings. The smallest absolute Gasteiger partial charge is 0.396 e. The number of nitrogen functional groups attached to an aromatic ring is 2. The first-order valence-electron chi connectivity index (χ1n) is 6.19. The summed E-state index contributed by atoms with van der Waals surface area (Å²) in [4.78, 5) is -0.388. The molecule has 0 saturated carbocycles. The van der Waals surface area contributed by atoms with Crippen molar-refractivity contribution in [1.29, 1.82) is 0 Å². The Labute approximate surface area is 138 Å². The Balaban J connectivity index is 3.41. The minimum Gasteiger partial charge on any atom is -0.396 e. The monoisotopic (exact) mass is 380 g/mol. The number of azo groups is 2. The third-order valence-corrected chi connectivity index (χ3v) is 4.82. The van der Waals surface area contributed by atoms with Gasteiger partial charge in [0, 0.05) is 14.1 Å². The molecule has 0 spiro atoms. The molecule has 24 heavy (non-hydrogen) atoms. The number of hydrogen-bond acceptors (Lipinski definition) is 11. The van der Waals surface area contributed by atoms with Crippen molar-refractivity contribution in [2.45, 2.75) is 4.90 Å². The highest BCUT2D eigenvalue weighted by Crippen LogP contribution is 2.42. The molecule has 0 amide bonds. The van der Waals surface area contributed by atoms with Crippen LogP contribution in [0.4, 0.5) is 22.7 Å². The fourth-order valence-electron chi connectivity index (χ4n) is 1.68. The summed E-state index contributed by atoms with van der Waals surface area (Å²) in [5, 5.41) is 14.4. The zero-order chi connectivity index (χ0) is 18.5. The third kappa shape index (κ3) is 4.92. The number of anilines is 2. The summed E-state index contributed by atoms with van der Waals surface area (Å²) in [6.07, 6.45) is 0. The Morgan fingerprint density at radius 2 is 1.67 bits per heavy atom. The second-order valence-corrected chi connectivity index (χ2v) is 7.41. The summed E-state index contributed by atoms with van der Waals surface area (Å²) in [5.41, 5.74) is 11.2. The third-order valence-electron chi connectivity index (χ3n) is 2.65. The van der Waals surface area contributed by atoms with Crippen LogP contribution in [0.1, 0.15) is 0 Å². The zero-order valence-electron chi connectivity index (χ0n) is 12.7. The predicted octanol–water partition coefficient (Wildman–Crippen LogP) is 0.871. The van der Waals surface area contributed by atoms with E-state index in [1.54, 1.807) is 0 Å². The Morgan fingerprint density at radius 1 is 1.08 bits per heavy atom. The van der Waals surface area contributed by atoms with Gasteiger partial charge in [0.15, 0.2) is 9.84 Å². The van der Waals surface area contributed by atoms with Crippen molar-refractivity contribution in [2.75, 3.05) is 37.9 Å². The Kier molecular flexibility index (Phi) is 6.30. The summed E-state index contributed by atoms with van der Waals surface area (Å²) in [5.74, 6) is -0.772. The quantitative estimate of drug-likeness (QED) is 0.351. The summed E-state index contributed by atoms with van der Waals surface area (Å²) in [6, 6.07) is 1.08. The van der Waals surface area contributed by atoms with Gasteiger partial charge in [-0.1, -0.05) is 0 Å². The highest BCUT2D eigenvalue weighted by Gasteiger charge is 2.24. The van der Waals surface area contributed by atoms with E-state index in [0.717, 1.165) is 6.07 Å². The lowest BCUT2D eigenvalue weighted by molar-refractivity contribution is 0.284. The lowest BCUT2D eigenvalue weighted by Crippen LogP contribution is -2.16. The van der Waals surface area contributed by atoms with Gasteiger partial charge in [-0.3, -0.25) is 4.55 Å². The minimum absolute atomic E-state index is 0.00312. The second-order valence-electron chi connectivity index (χ2n) is 4.24. The lowest BCUT2D eigenvalue weighted by atomic mass is 10.2. The highest BCUT2D eigenvalue weighted by molar-refractivity contribution is 7.91. The number of nitrogens with two attached hydrogens (primary N) is 2. The molecule has 0 unspecified atom stereocenters. The molecule has 0 saturated heterocycles. The average Bonchev–Trinajstić information content (AvgIpc) is 2.44. The largest absolute Gasteiger partial charge is 0.397 e. The molecule has 14 heteroatoms. The fraction of sp³-hybridized carbons (Fsp3) is 0.400. The summed E-state index contributed by atoms with van der Waals surface area (Å²) in [6.45, 7) is -0.805. The van der Waals surface area contributed by atoms with E-state index in [9.17, 15) is 16.8 Å². The molecule has 134 valence electrons. The number of nitrogens with zero attached hydrogens (tertiary/aromatic N) is 4. The Hall–Kier alpha value is -2.16. The van der Waals surface area contributed by atoms with Crippen molar-refractivity contribution in [1.82, 2.24) is 0 Å². The van der Waals surface area contributed by atoms with Crippen molar-refractivity contribution >= 4 is 43.0 Å². The summed E-state index contributed by atoms with van der Waals surface area (Å²) < 4.78 is 58.1. The molecule has 1 aromatic carbocycles. The molecule has 0 heterocycles. The van der Waals surface area contributed by atoms with E-state index in [0.29, 0.717) is 0 Å². The molecule has 0 aromatic heterocycles. The van der Waals surface area contributed by atoms with Gasteiger partial charge >= 0.3 is 10.4 Å². The van der Waals surface area contributed by atoms with Crippen molar-refractivity contribution in [3.8, 4) is 0 Å². The van der Waals surface area contributed by atoms with E-state index < -0.39 is 32.6 Å². The maximum atomic E-state index is 12.3. The molecule has 5 N–H and O–H groups in total. The van der Waals surface area contributed by atoms with E-state index >= 15 is 0 Å². The number of rotatable bonds is 7. The molecule has 0 aliphatic heterocycles. The van der Waals surface area contributed by atoms with Gasteiger partial charge in [-0.25, -0.2) is 12.6 Å². The van der Waals surface area contributed by atoms with Gasteiger partial charge < -0.3 is 11.5 Å². The molecule has 12 nitrogen and oxygen atoms in total. The van der Waals surface area contributed by atoms with Crippen LogP contribution in [0, 0.1) is 0 Å². The maximum Gasteiger partial charge on any atom is 0.397 e. The Bertz CT molecular complexity index is 878. The lowest BCUT2D eigenvalue weighted by Gasteiger charge is -2.12. The van der Waals surface area contributed by atoms with E-state index in [2.05, 4.69) is 24.6 Å². The number of sulfone groups is 1. The van der Waals surface area contributed by atoms with Gasteiger partial charge in [0.2, 0.25) is 0 Å². The van der Waals surface area contributed by atoms with Gasteiger partial charge in [0.25, 0.3) is 0 Å². The Morgan fingerprint density at radius 3 is 2.17 bits per heavy atom. The van der Waals surface area contributed by atoms with Crippen molar-refractivity contribution in [3.63, 3.8) is 0 Å². The molecule has 1 rings (SSSR count). The molecule has 0 atom stereocenters. The van der Waals surface area contributed by atoms with Gasteiger partial charge in [-0.2, -0.15) is 28.9 Å². The van der Waals surface area contributed by atoms with Crippen LogP contribution in [0.2, 0.25) is 0 Å². The van der Waals surface area contributed by atoms with Crippen LogP contribution < -0.4 is 11.5 Å². The summed E-state index contributed by atoms with van der Waals surface area (Å²) >= 11 is 0. The van der Waals surface area contributed by atoms with Gasteiger partial charge in [-0.15, -0.1) is 0 Å². The molecule has 0 aliphatic rings. The van der Waals surface area contributed by atoms with Crippen LogP contribution in [-0.2, 0) is 24.4 Å². The maximum absolute atomic E-state index is 12.3. The first kappa shape index (κ1) is 19.9. The van der Waals surface area contributed by atoms with E-state index in [4.69, 9.17) is 16.0 Å². The zero-order valence-corrected chi connectivity index (χ0v) is 14.4. The van der Waals surface area contributed by atoms with Crippen LogP contribution in [0.15, 0.2) is 31.4 Å². The standard InChI is InChI=1S/C10H16N6O6S2/c1-13-15-6-5-7(9(12)10(8(6)11)16-14-2)23(17,18)4-3-22-24(19,20)21/h5H,3-4,11-12H2,1-2H3,(H,19,20,21). The number of hydrogen-bond donors (Lipinski definition) is 3. The fourth-order valence-corrected chi connectivity index (χ4v) is 3.32. The van der Waals surface area contributed by atoms with Crippen LogP contribution >= 0.6 is 0 Å². The molecular weight excluding hydrogens is 364 g/mol. The summed E-state index contributed by atoms with van der Waals surface area (Å²) in [7, 11) is -6.17. The number of benzene rings is 1. The molecule has 0 radical (unpaired) electrons. The average molecular weight is 380 g/mol. The topological polar surface area (TPSA) is 199 Å².